The Morgan fingerprint density at radius 3 is 2.67 bits per heavy atom. The molecule has 1 aliphatic carbocycles. The number of rotatable bonds is 8. The zero-order chi connectivity index (χ0) is 23.5. The van der Waals surface area contributed by atoms with Gasteiger partial charge in [-0.05, 0) is 6.07 Å². The minimum absolute atomic E-state index is 0.0541. The van der Waals surface area contributed by atoms with Gasteiger partial charge in [-0.3, -0.25) is 14.4 Å². The van der Waals surface area contributed by atoms with Gasteiger partial charge in [-0.1, -0.05) is 0 Å². The molecular weight excluding hydrogens is 432 g/mol. The lowest BCUT2D eigenvalue weighted by molar-refractivity contribution is -0.147. The van der Waals surface area contributed by atoms with Gasteiger partial charge in [0.05, 0.1) is 43.0 Å². The Morgan fingerprint density at radius 2 is 1.97 bits per heavy atom. The lowest BCUT2D eigenvalue weighted by atomic mass is 9.93. The molecular formula is C22H22N4O7. The maximum Gasteiger partial charge on any atom is 0.310 e. The molecule has 11 heteroatoms. The number of carbonyl (C=O) groups is 3. The predicted octanol–water partition coefficient (Wildman–Crippen LogP) is 1.18. The van der Waals surface area contributed by atoms with E-state index in [2.05, 4.69) is 15.0 Å². The van der Waals surface area contributed by atoms with Crippen LogP contribution in [0.15, 0.2) is 35.2 Å². The van der Waals surface area contributed by atoms with E-state index in [1.165, 1.54) is 19.5 Å². The summed E-state index contributed by atoms with van der Waals surface area (Å²) in [5, 5.41) is 9.55. The predicted molar refractivity (Wildman–Crippen MR) is 116 cm³/mol. The maximum absolute atomic E-state index is 12.7. The van der Waals surface area contributed by atoms with Crippen molar-refractivity contribution in [1.29, 1.82) is 0 Å². The Kier molecular flexibility index (Phi) is 6.31. The fourth-order valence-corrected chi connectivity index (χ4v) is 3.59. The molecule has 172 valence electrons. The molecule has 1 aromatic carbocycles. The van der Waals surface area contributed by atoms with E-state index in [1.807, 2.05) is 0 Å². The summed E-state index contributed by atoms with van der Waals surface area (Å²) < 4.78 is 16.1. The smallest absolute Gasteiger partial charge is 0.310 e. The van der Waals surface area contributed by atoms with Crippen molar-refractivity contribution >= 4 is 40.0 Å². The number of fused-ring (bicyclic) bond motifs is 1. The number of Topliss-reactive ketones (excluding diaryl/α,β-unsaturated/α-hetero) is 1. The summed E-state index contributed by atoms with van der Waals surface area (Å²) in [6.45, 7) is 1.15. The van der Waals surface area contributed by atoms with E-state index in [0.29, 0.717) is 35.6 Å². The standard InChI is InChI=1S/C22H22N4O7/c1-31-3-4-33-20-7-14-13(5-19(20)32-2)21(24-11-23-14)25-15-6-18(28)16(8-17(15)27)26-9-12(10-26)22(29)30/h5,7-8,11-12H,3-4,6,9-10H2,1-2H3,(H,29,30). The van der Waals surface area contributed by atoms with Crippen LogP contribution < -0.4 is 9.47 Å². The van der Waals surface area contributed by atoms with Crippen LogP contribution in [0.4, 0.5) is 5.82 Å². The Balaban J connectivity index is 1.61. The molecule has 2 aliphatic rings. The first kappa shape index (κ1) is 22.3. The fourth-order valence-electron chi connectivity index (χ4n) is 3.59. The molecule has 11 nitrogen and oxygen atoms in total. The second kappa shape index (κ2) is 9.33. The molecule has 0 unspecified atom stereocenters. The number of ether oxygens (including phenoxy) is 3. The monoisotopic (exact) mass is 454 g/mol. The number of carboxylic acid groups (broad SMARTS) is 1. The number of carboxylic acids is 1. The van der Waals surface area contributed by atoms with E-state index in [0.717, 1.165) is 0 Å². The highest BCUT2D eigenvalue weighted by atomic mass is 16.5. The van der Waals surface area contributed by atoms with Gasteiger partial charge in [0.1, 0.15) is 12.9 Å². The molecule has 4 rings (SSSR count). The highest BCUT2D eigenvalue weighted by Gasteiger charge is 2.38. The summed E-state index contributed by atoms with van der Waals surface area (Å²) in [6.07, 6.45) is 2.34. The molecule has 2 aromatic rings. The highest BCUT2D eigenvalue weighted by Crippen LogP contribution is 2.35. The normalized spacial score (nSPS) is 17.8. The van der Waals surface area contributed by atoms with Crippen molar-refractivity contribution in [2.45, 2.75) is 6.42 Å². The number of benzene rings is 1. The third-order valence-corrected chi connectivity index (χ3v) is 5.42. The molecule has 0 atom stereocenters. The van der Waals surface area contributed by atoms with Gasteiger partial charge in [-0.15, -0.1) is 0 Å². The van der Waals surface area contributed by atoms with Gasteiger partial charge in [0, 0.05) is 37.7 Å². The number of aliphatic imine (C=N–C) groups is 1. The number of aliphatic carboxylic acids is 1. The molecule has 0 amide bonds. The number of nitrogens with zero attached hydrogens (tertiary/aromatic N) is 4. The quantitative estimate of drug-likeness (QED) is 0.578. The molecule has 1 aromatic heterocycles. The summed E-state index contributed by atoms with van der Waals surface area (Å²) in [7, 11) is 3.07. The summed E-state index contributed by atoms with van der Waals surface area (Å²) >= 11 is 0. The van der Waals surface area contributed by atoms with E-state index in [9.17, 15) is 14.4 Å². The molecule has 1 aliphatic heterocycles. The van der Waals surface area contributed by atoms with Crippen LogP contribution in [0.25, 0.3) is 10.9 Å². The minimum atomic E-state index is -0.915. The third kappa shape index (κ3) is 4.53. The van der Waals surface area contributed by atoms with Crippen molar-refractivity contribution in [3.05, 3.63) is 30.2 Å². The zero-order valence-electron chi connectivity index (χ0n) is 18.1. The number of allylic oxidation sites excluding steroid dienone is 2. The second-order valence-corrected chi connectivity index (χ2v) is 7.55. The average molecular weight is 454 g/mol. The summed E-state index contributed by atoms with van der Waals surface area (Å²) in [5.74, 6) is -1.01. The first-order valence-electron chi connectivity index (χ1n) is 10.2. The minimum Gasteiger partial charge on any atom is -0.493 e. The van der Waals surface area contributed by atoms with Gasteiger partial charge in [0.2, 0.25) is 5.78 Å². The maximum atomic E-state index is 12.7. The van der Waals surface area contributed by atoms with E-state index < -0.39 is 17.7 Å². The van der Waals surface area contributed by atoms with E-state index >= 15 is 0 Å². The van der Waals surface area contributed by atoms with E-state index in [1.54, 1.807) is 24.1 Å². The van der Waals surface area contributed by atoms with Gasteiger partial charge < -0.3 is 24.2 Å². The Morgan fingerprint density at radius 1 is 1.18 bits per heavy atom. The van der Waals surface area contributed by atoms with Gasteiger partial charge in [-0.25, -0.2) is 15.0 Å². The number of likely N-dealkylation sites (tertiary alicyclic amines) is 1. The van der Waals surface area contributed by atoms with Crippen LogP contribution in [0.5, 0.6) is 11.5 Å². The highest BCUT2D eigenvalue weighted by molar-refractivity contribution is 6.50. The zero-order valence-corrected chi connectivity index (χ0v) is 18.1. The molecule has 2 heterocycles. The van der Waals surface area contributed by atoms with Gasteiger partial charge >= 0.3 is 5.97 Å². The van der Waals surface area contributed by atoms with Crippen LogP contribution in [0, 0.1) is 5.92 Å². The Hall–Kier alpha value is -3.86. The number of methoxy groups -OCH3 is 2. The van der Waals surface area contributed by atoms with Crippen LogP contribution >= 0.6 is 0 Å². The SMILES string of the molecule is COCCOc1cc2ncnc(N=C3CC(=O)C(N4CC(C(=O)O)C4)=CC3=O)c2cc1OC. The first-order valence-corrected chi connectivity index (χ1v) is 10.2. The summed E-state index contributed by atoms with van der Waals surface area (Å²) in [6, 6.07) is 3.35. The van der Waals surface area contributed by atoms with Gasteiger partial charge in [-0.2, -0.15) is 0 Å². The molecule has 0 spiro atoms. The molecule has 33 heavy (non-hydrogen) atoms. The van der Waals surface area contributed by atoms with Crippen molar-refractivity contribution in [2.24, 2.45) is 10.9 Å². The topological polar surface area (TPSA) is 141 Å². The number of aromatic nitrogens is 2. The van der Waals surface area contributed by atoms with Crippen molar-refractivity contribution in [2.75, 3.05) is 40.5 Å². The molecule has 0 saturated carbocycles. The lowest BCUT2D eigenvalue weighted by Gasteiger charge is -2.40. The van der Waals surface area contributed by atoms with Crippen molar-refractivity contribution in [1.82, 2.24) is 14.9 Å². The van der Waals surface area contributed by atoms with Crippen molar-refractivity contribution in [3.63, 3.8) is 0 Å². The summed E-state index contributed by atoms with van der Waals surface area (Å²) in [5.41, 5.74) is 0.811. The van der Waals surface area contributed by atoms with Gasteiger partial charge in [0.15, 0.2) is 23.1 Å². The Bertz CT molecular complexity index is 1180. The van der Waals surface area contributed by atoms with Crippen LogP contribution in [0.2, 0.25) is 0 Å². The lowest BCUT2D eigenvalue weighted by Crippen LogP contribution is -2.51. The average Bonchev–Trinajstić information content (AvgIpc) is 2.75. The van der Waals surface area contributed by atoms with E-state index in [-0.39, 0.29) is 42.5 Å². The molecule has 1 N–H and O–H groups in total. The number of carbonyl (C=O) groups excluding carboxylic acids is 2. The van der Waals surface area contributed by atoms with Crippen molar-refractivity contribution < 1.29 is 33.7 Å². The van der Waals surface area contributed by atoms with Crippen LogP contribution in [-0.2, 0) is 19.1 Å². The number of hydrogen-bond donors (Lipinski definition) is 1. The number of hydrogen-bond acceptors (Lipinski definition) is 10. The number of ketones is 2. The van der Waals surface area contributed by atoms with Crippen LogP contribution in [0.3, 0.4) is 0 Å². The van der Waals surface area contributed by atoms with Gasteiger partial charge in [0.25, 0.3) is 0 Å². The van der Waals surface area contributed by atoms with Crippen LogP contribution in [0.1, 0.15) is 6.42 Å². The molecule has 0 bridgehead atoms. The molecule has 0 radical (unpaired) electrons. The fraction of sp³-hybridized carbons (Fsp3) is 0.364. The van der Waals surface area contributed by atoms with E-state index in [4.69, 9.17) is 19.3 Å². The summed E-state index contributed by atoms with van der Waals surface area (Å²) in [4.78, 5) is 50.7. The largest absolute Gasteiger partial charge is 0.493 e. The van der Waals surface area contributed by atoms with Crippen LogP contribution in [-0.4, -0.2) is 83.7 Å². The third-order valence-electron chi connectivity index (χ3n) is 5.42. The molecule has 1 saturated heterocycles. The van der Waals surface area contributed by atoms with Crippen molar-refractivity contribution in [3.8, 4) is 11.5 Å². The second-order valence-electron chi connectivity index (χ2n) is 7.55. The molecule has 1 fully saturated rings. The first-order chi connectivity index (χ1) is 15.9. The Labute approximate surface area is 188 Å².